The lowest BCUT2D eigenvalue weighted by molar-refractivity contribution is -0.138. The van der Waals surface area contributed by atoms with Gasteiger partial charge in [-0.15, -0.1) is 0 Å². The van der Waals surface area contributed by atoms with Gasteiger partial charge in [0.2, 0.25) is 0 Å². The Morgan fingerprint density at radius 3 is 2.77 bits per heavy atom. The number of ether oxygens (including phenoxy) is 1. The highest BCUT2D eigenvalue weighted by Gasteiger charge is 2.07. The van der Waals surface area contributed by atoms with Crippen LogP contribution < -0.4 is 5.73 Å². The highest BCUT2D eigenvalue weighted by Crippen LogP contribution is 2.08. The molecule has 0 heterocycles. The summed E-state index contributed by atoms with van der Waals surface area (Å²) in [5.41, 5.74) is 6.05. The molecule has 13 heavy (non-hydrogen) atoms. The molecule has 0 radical (unpaired) electrons. The zero-order valence-electron chi connectivity index (χ0n) is 8.21. The molecule has 0 aliphatic heterocycles. The molecule has 4 heteroatoms. The first-order chi connectivity index (χ1) is 6.07. The molecular formula is C9H17NO2S. The minimum atomic E-state index is -0.306. The summed E-state index contributed by atoms with van der Waals surface area (Å²) in [5, 5.41) is 0. The zero-order valence-corrected chi connectivity index (χ0v) is 9.02. The number of esters is 1. The second kappa shape index (κ2) is 6.97. The van der Waals surface area contributed by atoms with E-state index in [-0.39, 0.29) is 12.0 Å². The Bertz CT molecular complexity index is 180. The maximum Gasteiger partial charge on any atom is 0.334 e. The summed E-state index contributed by atoms with van der Waals surface area (Å²) in [6, 6.07) is 0.153. The smallest absolute Gasteiger partial charge is 0.334 e. The molecule has 0 aliphatic carbocycles. The topological polar surface area (TPSA) is 52.3 Å². The highest BCUT2D eigenvalue weighted by atomic mass is 32.2. The van der Waals surface area contributed by atoms with E-state index in [0.717, 1.165) is 5.75 Å². The van der Waals surface area contributed by atoms with Crippen LogP contribution in [0.1, 0.15) is 13.8 Å². The first-order valence-corrected chi connectivity index (χ1v) is 5.41. The van der Waals surface area contributed by atoms with Crippen LogP contribution in [0.4, 0.5) is 0 Å². The minimum absolute atomic E-state index is 0.153. The molecule has 0 spiro atoms. The standard InChI is InChI=1S/C9H17NO2S/c1-4-12-9(11)7(2)5-13-6-8(3)10/h8H,2,4-6,10H2,1,3H3. The Morgan fingerprint density at radius 2 is 2.31 bits per heavy atom. The molecule has 3 nitrogen and oxygen atoms in total. The van der Waals surface area contributed by atoms with E-state index in [1.165, 1.54) is 0 Å². The molecule has 1 unspecified atom stereocenters. The SMILES string of the molecule is C=C(CSCC(C)N)C(=O)OCC. The molecule has 0 aromatic rings. The molecule has 0 aromatic carbocycles. The van der Waals surface area contributed by atoms with Crippen LogP contribution in [-0.4, -0.2) is 30.1 Å². The second-order valence-corrected chi connectivity index (χ2v) is 3.85. The molecule has 0 saturated carbocycles. The molecular weight excluding hydrogens is 186 g/mol. The highest BCUT2D eigenvalue weighted by molar-refractivity contribution is 7.99. The first kappa shape index (κ1) is 12.5. The predicted octanol–water partition coefficient (Wildman–Crippen LogP) is 1.19. The van der Waals surface area contributed by atoms with E-state index >= 15 is 0 Å². The number of thioether (sulfide) groups is 1. The molecule has 0 bridgehead atoms. The monoisotopic (exact) mass is 203 g/mol. The fourth-order valence-corrected chi connectivity index (χ4v) is 1.51. The van der Waals surface area contributed by atoms with E-state index in [1.54, 1.807) is 18.7 Å². The number of hydrogen-bond donors (Lipinski definition) is 1. The van der Waals surface area contributed by atoms with Crippen molar-refractivity contribution in [3.8, 4) is 0 Å². The number of carbonyl (C=O) groups excluding carboxylic acids is 1. The van der Waals surface area contributed by atoms with Gasteiger partial charge in [0, 0.05) is 23.1 Å². The van der Waals surface area contributed by atoms with Crippen LogP contribution in [0.2, 0.25) is 0 Å². The maximum absolute atomic E-state index is 11.1. The lowest BCUT2D eigenvalue weighted by atomic mass is 10.4. The van der Waals surface area contributed by atoms with Crippen molar-refractivity contribution in [1.29, 1.82) is 0 Å². The third kappa shape index (κ3) is 6.66. The van der Waals surface area contributed by atoms with Gasteiger partial charge < -0.3 is 10.5 Å². The molecule has 0 fully saturated rings. The molecule has 0 amide bonds. The van der Waals surface area contributed by atoms with Crippen molar-refractivity contribution in [2.24, 2.45) is 5.73 Å². The fourth-order valence-electron chi connectivity index (χ4n) is 0.660. The third-order valence-corrected chi connectivity index (χ3v) is 2.54. The van der Waals surface area contributed by atoms with Crippen LogP contribution in [0.5, 0.6) is 0 Å². The lowest BCUT2D eigenvalue weighted by Crippen LogP contribution is -2.18. The first-order valence-electron chi connectivity index (χ1n) is 4.26. The van der Waals surface area contributed by atoms with E-state index < -0.39 is 0 Å². The van der Waals surface area contributed by atoms with Crippen LogP contribution in [0.15, 0.2) is 12.2 Å². The summed E-state index contributed by atoms with van der Waals surface area (Å²) in [6.07, 6.45) is 0. The van der Waals surface area contributed by atoms with Crippen molar-refractivity contribution in [1.82, 2.24) is 0 Å². The summed E-state index contributed by atoms with van der Waals surface area (Å²) >= 11 is 1.60. The lowest BCUT2D eigenvalue weighted by Gasteiger charge is -2.06. The second-order valence-electron chi connectivity index (χ2n) is 2.82. The van der Waals surface area contributed by atoms with E-state index in [2.05, 4.69) is 6.58 Å². The molecule has 2 N–H and O–H groups in total. The number of carbonyl (C=O) groups is 1. The van der Waals surface area contributed by atoms with Crippen molar-refractivity contribution in [3.05, 3.63) is 12.2 Å². The van der Waals surface area contributed by atoms with Crippen LogP contribution in [-0.2, 0) is 9.53 Å². The maximum atomic E-state index is 11.1. The molecule has 0 rings (SSSR count). The van der Waals surface area contributed by atoms with Crippen LogP contribution in [0, 0.1) is 0 Å². The summed E-state index contributed by atoms with van der Waals surface area (Å²) in [4.78, 5) is 11.1. The van der Waals surface area contributed by atoms with Crippen molar-refractivity contribution < 1.29 is 9.53 Å². The van der Waals surface area contributed by atoms with E-state index in [1.807, 2.05) is 6.92 Å². The van der Waals surface area contributed by atoms with Gasteiger partial charge in [0.05, 0.1) is 6.61 Å². The number of rotatable bonds is 6. The Balaban J connectivity index is 3.56. The third-order valence-electron chi connectivity index (χ3n) is 1.22. The summed E-state index contributed by atoms with van der Waals surface area (Å²) < 4.78 is 4.78. The minimum Gasteiger partial charge on any atom is -0.463 e. The van der Waals surface area contributed by atoms with Gasteiger partial charge in [0.15, 0.2) is 0 Å². The average molecular weight is 203 g/mol. The quantitative estimate of drug-likeness (QED) is 0.520. The largest absolute Gasteiger partial charge is 0.463 e. The van der Waals surface area contributed by atoms with Crippen LogP contribution >= 0.6 is 11.8 Å². The molecule has 0 saturated heterocycles. The molecule has 76 valence electrons. The summed E-state index contributed by atoms with van der Waals surface area (Å²) in [7, 11) is 0. The van der Waals surface area contributed by atoms with Gasteiger partial charge in [0.25, 0.3) is 0 Å². The molecule has 0 aromatic heterocycles. The number of hydrogen-bond acceptors (Lipinski definition) is 4. The van der Waals surface area contributed by atoms with Crippen molar-refractivity contribution in [2.45, 2.75) is 19.9 Å². The Kier molecular flexibility index (Phi) is 6.72. The van der Waals surface area contributed by atoms with Crippen molar-refractivity contribution in [3.63, 3.8) is 0 Å². The van der Waals surface area contributed by atoms with Crippen LogP contribution in [0.25, 0.3) is 0 Å². The zero-order chi connectivity index (χ0) is 10.3. The summed E-state index contributed by atoms with van der Waals surface area (Å²) in [5.74, 6) is 1.12. The van der Waals surface area contributed by atoms with Gasteiger partial charge in [-0.05, 0) is 13.8 Å². The van der Waals surface area contributed by atoms with Gasteiger partial charge >= 0.3 is 5.97 Å². The van der Waals surface area contributed by atoms with Gasteiger partial charge in [0.1, 0.15) is 0 Å². The van der Waals surface area contributed by atoms with E-state index in [4.69, 9.17) is 10.5 Å². The predicted molar refractivity (Wildman–Crippen MR) is 56.7 cm³/mol. The summed E-state index contributed by atoms with van der Waals surface area (Å²) in [6.45, 7) is 7.74. The number of nitrogens with two attached hydrogens (primary N) is 1. The van der Waals surface area contributed by atoms with Gasteiger partial charge in [-0.25, -0.2) is 4.79 Å². The Hall–Kier alpha value is -0.480. The van der Waals surface area contributed by atoms with Crippen molar-refractivity contribution >= 4 is 17.7 Å². The average Bonchev–Trinajstić information content (AvgIpc) is 2.04. The van der Waals surface area contributed by atoms with Crippen LogP contribution in [0.3, 0.4) is 0 Å². The van der Waals surface area contributed by atoms with Gasteiger partial charge in [-0.3, -0.25) is 0 Å². The van der Waals surface area contributed by atoms with E-state index in [0.29, 0.717) is 17.9 Å². The fraction of sp³-hybridized carbons (Fsp3) is 0.667. The molecule has 0 aliphatic rings. The molecule has 1 atom stereocenters. The van der Waals surface area contributed by atoms with Crippen molar-refractivity contribution in [2.75, 3.05) is 18.1 Å². The van der Waals surface area contributed by atoms with Gasteiger partial charge in [-0.2, -0.15) is 11.8 Å². The Labute approximate surface area is 83.7 Å². The van der Waals surface area contributed by atoms with Gasteiger partial charge in [-0.1, -0.05) is 6.58 Å². The van der Waals surface area contributed by atoms with E-state index in [9.17, 15) is 4.79 Å². The Morgan fingerprint density at radius 1 is 1.69 bits per heavy atom. The normalized spacial score (nSPS) is 12.2.